The maximum absolute atomic E-state index is 13.4. The van der Waals surface area contributed by atoms with Crippen LogP contribution in [0.2, 0.25) is 5.02 Å². The van der Waals surface area contributed by atoms with Crippen LogP contribution >= 0.6 is 23.4 Å². The van der Waals surface area contributed by atoms with E-state index >= 15 is 0 Å². The Balaban J connectivity index is 1.31. The van der Waals surface area contributed by atoms with Crippen LogP contribution in [0.4, 0.5) is 11.4 Å². The second-order valence-corrected chi connectivity index (χ2v) is 11.3. The van der Waals surface area contributed by atoms with Gasteiger partial charge in [-0.25, -0.2) is 0 Å². The number of hydrogen-bond acceptors (Lipinski definition) is 4. The highest BCUT2D eigenvalue weighted by Crippen LogP contribution is 2.37. The van der Waals surface area contributed by atoms with Gasteiger partial charge >= 0.3 is 0 Å². The summed E-state index contributed by atoms with van der Waals surface area (Å²) in [6, 6.07) is 41.7. The van der Waals surface area contributed by atoms with Crippen LogP contribution in [0.3, 0.4) is 0 Å². The van der Waals surface area contributed by atoms with Gasteiger partial charge in [-0.2, -0.15) is 0 Å². The van der Waals surface area contributed by atoms with Crippen LogP contribution in [-0.4, -0.2) is 17.7 Å². The molecule has 0 aliphatic rings. The van der Waals surface area contributed by atoms with E-state index < -0.39 is 17.1 Å². The molecule has 0 saturated heterocycles. The number of hydrogen-bond donors (Lipinski definition) is 3. The van der Waals surface area contributed by atoms with E-state index in [0.717, 1.165) is 16.0 Å². The molecule has 0 saturated carbocycles. The zero-order valence-corrected chi connectivity index (χ0v) is 25.0. The SMILES string of the molecule is O=C(Nc1ccc(SC(C(=O)Nc2cccc(Cl)c2)c2ccccc2)cc1)/C(=C/c1ccccc1)NC(=O)c1ccccc1. The molecule has 8 heteroatoms. The summed E-state index contributed by atoms with van der Waals surface area (Å²) in [5.74, 6) is -1.05. The molecule has 0 heterocycles. The highest BCUT2D eigenvalue weighted by atomic mass is 35.5. The predicted molar refractivity (Wildman–Crippen MR) is 179 cm³/mol. The average Bonchev–Trinajstić information content (AvgIpc) is 3.05. The third-order valence-electron chi connectivity index (χ3n) is 6.44. The molecule has 5 rings (SSSR count). The Labute approximate surface area is 265 Å². The lowest BCUT2D eigenvalue weighted by molar-refractivity contribution is -0.116. The minimum Gasteiger partial charge on any atom is -0.325 e. The third-order valence-corrected chi connectivity index (χ3v) is 7.94. The van der Waals surface area contributed by atoms with Gasteiger partial charge in [-0.3, -0.25) is 14.4 Å². The molecule has 0 aromatic heterocycles. The lowest BCUT2D eigenvalue weighted by Crippen LogP contribution is -2.30. The molecular formula is C36H28ClN3O3S. The summed E-state index contributed by atoms with van der Waals surface area (Å²) < 4.78 is 0. The van der Waals surface area contributed by atoms with Crippen molar-refractivity contribution < 1.29 is 14.4 Å². The minimum absolute atomic E-state index is 0.102. The first-order chi connectivity index (χ1) is 21.4. The standard InChI is InChI=1S/C36H28ClN3O3S/c37-28-17-10-18-30(24-28)39-36(43)33(26-13-6-2-7-14-26)44-31-21-19-29(20-22-31)38-35(42)32(23-25-11-4-1-5-12-25)40-34(41)27-15-8-3-9-16-27/h1-24,33H,(H,38,42)(H,39,43)(H,40,41)/b32-23-. The van der Waals surface area contributed by atoms with E-state index in [1.54, 1.807) is 66.7 Å². The maximum atomic E-state index is 13.4. The number of carbonyl (C=O) groups excluding carboxylic acids is 3. The van der Waals surface area contributed by atoms with Crippen LogP contribution < -0.4 is 16.0 Å². The maximum Gasteiger partial charge on any atom is 0.272 e. The summed E-state index contributed by atoms with van der Waals surface area (Å²) in [6.45, 7) is 0. The molecule has 5 aromatic carbocycles. The lowest BCUT2D eigenvalue weighted by atomic mass is 10.1. The predicted octanol–water partition coefficient (Wildman–Crippen LogP) is 8.22. The Morgan fingerprint density at radius 2 is 1.30 bits per heavy atom. The Hall–Kier alpha value is -5.11. The number of nitrogens with one attached hydrogen (secondary N) is 3. The van der Waals surface area contributed by atoms with E-state index in [0.29, 0.717) is 22.0 Å². The van der Waals surface area contributed by atoms with Crippen molar-refractivity contribution in [2.75, 3.05) is 10.6 Å². The van der Waals surface area contributed by atoms with Crippen LogP contribution in [0.15, 0.2) is 150 Å². The first-order valence-corrected chi connectivity index (χ1v) is 15.0. The largest absolute Gasteiger partial charge is 0.325 e. The summed E-state index contributed by atoms with van der Waals surface area (Å²) in [6.07, 6.45) is 1.63. The lowest BCUT2D eigenvalue weighted by Gasteiger charge is -2.18. The normalized spacial score (nSPS) is 11.7. The van der Waals surface area contributed by atoms with Crippen LogP contribution in [0.25, 0.3) is 6.08 Å². The van der Waals surface area contributed by atoms with Crippen LogP contribution in [0.5, 0.6) is 0 Å². The number of carbonyl (C=O) groups is 3. The van der Waals surface area contributed by atoms with Gasteiger partial charge in [0.25, 0.3) is 11.8 Å². The first-order valence-electron chi connectivity index (χ1n) is 13.8. The number of rotatable bonds is 10. The van der Waals surface area contributed by atoms with Crippen molar-refractivity contribution in [3.05, 3.63) is 167 Å². The van der Waals surface area contributed by atoms with Crippen LogP contribution in [-0.2, 0) is 9.59 Å². The summed E-state index contributed by atoms with van der Waals surface area (Å²) in [7, 11) is 0. The molecular weight excluding hydrogens is 590 g/mol. The zero-order chi connectivity index (χ0) is 30.7. The Morgan fingerprint density at radius 3 is 1.95 bits per heavy atom. The summed E-state index contributed by atoms with van der Waals surface area (Å²) in [4.78, 5) is 40.4. The quantitative estimate of drug-likeness (QED) is 0.109. The molecule has 0 radical (unpaired) electrons. The third kappa shape index (κ3) is 8.47. The fourth-order valence-electron chi connectivity index (χ4n) is 4.28. The minimum atomic E-state index is -0.538. The Kier molecular flexibility index (Phi) is 10.3. The molecule has 6 nitrogen and oxygen atoms in total. The number of halogens is 1. The average molecular weight is 618 g/mol. The molecule has 44 heavy (non-hydrogen) atoms. The Bertz CT molecular complexity index is 1760. The van der Waals surface area contributed by atoms with Gasteiger partial charge in [-0.1, -0.05) is 96.5 Å². The van der Waals surface area contributed by atoms with Gasteiger partial charge in [0, 0.05) is 26.9 Å². The van der Waals surface area contributed by atoms with Gasteiger partial charge < -0.3 is 16.0 Å². The molecule has 0 fully saturated rings. The molecule has 0 bridgehead atoms. The number of benzene rings is 5. The van der Waals surface area contributed by atoms with Crippen molar-refractivity contribution in [1.29, 1.82) is 0 Å². The molecule has 218 valence electrons. The van der Waals surface area contributed by atoms with Crippen molar-refractivity contribution in [1.82, 2.24) is 5.32 Å². The zero-order valence-electron chi connectivity index (χ0n) is 23.4. The fraction of sp³-hybridized carbons (Fsp3) is 0.0278. The summed E-state index contributed by atoms with van der Waals surface area (Å²) >= 11 is 7.50. The fourth-order valence-corrected chi connectivity index (χ4v) is 5.50. The molecule has 3 N–H and O–H groups in total. The van der Waals surface area contributed by atoms with Gasteiger partial charge in [0.1, 0.15) is 10.9 Å². The van der Waals surface area contributed by atoms with E-state index in [1.807, 2.05) is 78.9 Å². The number of anilines is 2. The van der Waals surface area contributed by atoms with Crippen molar-refractivity contribution >= 4 is 58.5 Å². The monoisotopic (exact) mass is 617 g/mol. The van der Waals surface area contributed by atoms with E-state index in [2.05, 4.69) is 16.0 Å². The summed E-state index contributed by atoms with van der Waals surface area (Å²) in [5.41, 5.74) is 3.30. The first kappa shape index (κ1) is 30.4. The van der Waals surface area contributed by atoms with Crippen LogP contribution in [0, 0.1) is 0 Å². The van der Waals surface area contributed by atoms with Crippen molar-refractivity contribution in [2.24, 2.45) is 0 Å². The van der Waals surface area contributed by atoms with Gasteiger partial charge in [-0.05, 0) is 71.8 Å². The van der Waals surface area contributed by atoms with Gasteiger partial charge in [0.2, 0.25) is 5.91 Å². The van der Waals surface area contributed by atoms with Gasteiger partial charge in [0.15, 0.2) is 0 Å². The van der Waals surface area contributed by atoms with Crippen LogP contribution in [0.1, 0.15) is 26.7 Å². The van der Waals surface area contributed by atoms with E-state index in [1.165, 1.54) is 11.8 Å². The highest BCUT2D eigenvalue weighted by molar-refractivity contribution is 8.00. The van der Waals surface area contributed by atoms with E-state index in [-0.39, 0.29) is 11.6 Å². The number of amides is 3. The van der Waals surface area contributed by atoms with E-state index in [9.17, 15) is 14.4 Å². The topological polar surface area (TPSA) is 87.3 Å². The molecule has 1 unspecified atom stereocenters. The molecule has 3 amide bonds. The summed E-state index contributed by atoms with van der Waals surface area (Å²) in [5, 5.41) is 8.57. The molecule has 0 spiro atoms. The molecule has 1 atom stereocenters. The molecule has 0 aliphatic carbocycles. The smallest absolute Gasteiger partial charge is 0.272 e. The second kappa shape index (κ2) is 14.9. The molecule has 0 aliphatic heterocycles. The Morgan fingerprint density at radius 1 is 0.659 bits per heavy atom. The highest BCUT2D eigenvalue weighted by Gasteiger charge is 2.22. The van der Waals surface area contributed by atoms with Crippen molar-refractivity contribution in [2.45, 2.75) is 10.1 Å². The molecule has 5 aromatic rings. The number of thioether (sulfide) groups is 1. The van der Waals surface area contributed by atoms with Gasteiger partial charge in [-0.15, -0.1) is 11.8 Å². The second-order valence-electron chi connectivity index (χ2n) is 9.68. The van der Waals surface area contributed by atoms with Gasteiger partial charge in [0.05, 0.1) is 0 Å². The van der Waals surface area contributed by atoms with Crippen molar-refractivity contribution in [3.8, 4) is 0 Å². The van der Waals surface area contributed by atoms with Crippen molar-refractivity contribution in [3.63, 3.8) is 0 Å². The van der Waals surface area contributed by atoms with E-state index in [4.69, 9.17) is 11.6 Å².